The number of hydrogen-bond acceptors (Lipinski definition) is 6. The third kappa shape index (κ3) is 3.63. The molecule has 0 radical (unpaired) electrons. The highest BCUT2D eigenvalue weighted by Gasteiger charge is 2.19. The molecule has 0 aliphatic carbocycles. The van der Waals surface area contributed by atoms with Gasteiger partial charge in [0.05, 0.1) is 16.9 Å². The summed E-state index contributed by atoms with van der Waals surface area (Å²) in [5.41, 5.74) is 4.65. The third-order valence-corrected chi connectivity index (χ3v) is 2.35. The average molecular weight is 268 g/mol. The number of aromatic nitrogens is 1. The molecule has 1 heterocycles. The van der Waals surface area contributed by atoms with Crippen molar-refractivity contribution >= 4 is 23.4 Å². The molecule has 1 amide bonds. The van der Waals surface area contributed by atoms with Crippen LogP contribution in [0.15, 0.2) is 12.3 Å². The Bertz CT molecular complexity index is 531. The summed E-state index contributed by atoms with van der Waals surface area (Å²) in [6.45, 7) is 0.0976. The lowest BCUT2D eigenvalue weighted by molar-refractivity contribution is -0.385. The second kappa shape index (κ2) is 5.76. The van der Waals surface area contributed by atoms with Gasteiger partial charge in [-0.2, -0.15) is 0 Å². The molecule has 0 aliphatic heterocycles. The normalized spacial score (nSPS) is 9.95. The Kier molecular flexibility index (Phi) is 4.35. The van der Waals surface area contributed by atoms with Crippen LogP contribution >= 0.6 is 0 Å². The van der Waals surface area contributed by atoms with Crippen molar-refractivity contribution in [2.24, 2.45) is 5.73 Å². The van der Waals surface area contributed by atoms with Crippen LogP contribution in [0.5, 0.6) is 0 Å². The maximum absolute atomic E-state index is 11.3. The van der Waals surface area contributed by atoms with E-state index in [0.717, 1.165) is 12.3 Å². The van der Waals surface area contributed by atoms with E-state index in [2.05, 4.69) is 4.98 Å². The van der Waals surface area contributed by atoms with Gasteiger partial charge in [0, 0.05) is 19.7 Å². The van der Waals surface area contributed by atoms with E-state index in [0.29, 0.717) is 0 Å². The Hall–Kier alpha value is -2.71. The number of nitro groups is 1. The number of pyridine rings is 1. The minimum absolute atomic E-state index is 0.0976. The van der Waals surface area contributed by atoms with E-state index in [1.807, 2.05) is 0 Å². The fraction of sp³-hybridized carbons (Fsp3) is 0.300. The topological polar surface area (TPSA) is 140 Å². The van der Waals surface area contributed by atoms with E-state index in [1.165, 1.54) is 11.9 Å². The maximum atomic E-state index is 11.3. The minimum atomic E-state index is -1.01. The van der Waals surface area contributed by atoms with Crippen molar-refractivity contribution in [1.82, 2.24) is 4.98 Å². The van der Waals surface area contributed by atoms with Gasteiger partial charge in [0.15, 0.2) is 0 Å². The van der Waals surface area contributed by atoms with Gasteiger partial charge in [-0.05, 0) is 0 Å². The molecule has 0 saturated carbocycles. The number of carbonyl (C=O) groups excluding carboxylic acids is 1. The molecule has 0 spiro atoms. The molecule has 1 aromatic rings. The summed E-state index contributed by atoms with van der Waals surface area (Å²) >= 11 is 0. The average Bonchev–Trinajstić information content (AvgIpc) is 2.34. The van der Waals surface area contributed by atoms with Crippen LogP contribution in [-0.4, -0.2) is 40.5 Å². The van der Waals surface area contributed by atoms with Crippen molar-refractivity contribution < 1.29 is 19.6 Å². The van der Waals surface area contributed by atoms with E-state index in [4.69, 9.17) is 10.8 Å². The second-order valence-electron chi connectivity index (χ2n) is 3.75. The van der Waals surface area contributed by atoms with Gasteiger partial charge in [-0.3, -0.25) is 19.7 Å². The predicted molar refractivity (Wildman–Crippen MR) is 64.9 cm³/mol. The first kappa shape index (κ1) is 14.4. The van der Waals surface area contributed by atoms with Crippen LogP contribution in [0.4, 0.5) is 11.5 Å². The molecule has 0 atom stereocenters. The number of carbonyl (C=O) groups is 2. The Morgan fingerprint density at radius 2 is 2.21 bits per heavy atom. The van der Waals surface area contributed by atoms with E-state index in [9.17, 15) is 19.7 Å². The van der Waals surface area contributed by atoms with Crippen molar-refractivity contribution in [2.75, 3.05) is 18.5 Å². The van der Waals surface area contributed by atoms with Gasteiger partial charge in [-0.15, -0.1) is 0 Å². The molecule has 0 bridgehead atoms. The molecule has 102 valence electrons. The second-order valence-corrected chi connectivity index (χ2v) is 3.75. The summed E-state index contributed by atoms with van der Waals surface area (Å²) in [5.74, 6) is -1.76. The molecule has 0 aliphatic rings. The molecule has 3 N–H and O–H groups in total. The van der Waals surface area contributed by atoms with Gasteiger partial charge >= 0.3 is 5.97 Å². The molecule has 0 saturated heterocycles. The fourth-order valence-corrected chi connectivity index (χ4v) is 1.40. The molecular weight excluding hydrogens is 256 g/mol. The van der Waals surface area contributed by atoms with Crippen LogP contribution in [0.1, 0.15) is 16.8 Å². The van der Waals surface area contributed by atoms with Gasteiger partial charge in [-0.25, -0.2) is 4.98 Å². The van der Waals surface area contributed by atoms with Gasteiger partial charge < -0.3 is 15.7 Å². The number of primary amides is 1. The van der Waals surface area contributed by atoms with Gasteiger partial charge in [0.2, 0.25) is 0 Å². The Morgan fingerprint density at radius 1 is 1.58 bits per heavy atom. The molecule has 0 unspecified atom stereocenters. The van der Waals surface area contributed by atoms with E-state index in [-0.39, 0.29) is 30.0 Å². The highest BCUT2D eigenvalue weighted by Crippen LogP contribution is 2.21. The lowest BCUT2D eigenvalue weighted by Crippen LogP contribution is -2.26. The highest BCUT2D eigenvalue weighted by molar-refractivity contribution is 5.98. The SMILES string of the molecule is CN(CCC(=O)O)c1ncc([N+](=O)[O-])cc1C(N)=O. The molecule has 0 aromatic carbocycles. The monoisotopic (exact) mass is 268 g/mol. The molecule has 9 nitrogen and oxygen atoms in total. The summed E-state index contributed by atoms with van der Waals surface area (Å²) in [7, 11) is 1.52. The third-order valence-electron chi connectivity index (χ3n) is 2.35. The van der Waals surface area contributed by atoms with Crippen molar-refractivity contribution in [3.05, 3.63) is 27.9 Å². The number of carboxylic acids is 1. The Morgan fingerprint density at radius 3 is 2.68 bits per heavy atom. The first-order chi connectivity index (χ1) is 8.82. The quantitative estimate of drug-likeness (QED) is 0.546. The number of nitrogens with two attached hydrogens (primary N) is 1. The van der Waals surface area contributed by atoms with Gasteiger partial charge in [0.1, 0.15) is 12.0 Å². The standard InChI is InChI=1S/C10H12N4O5/c1-13(3-2-8(15)16)10-7(9(11)17)4-6(5-12-10)14(18)19/h4-5H,2-3H2,1H3,(H2,11,17)(H,15,16). The number of nitrogens with zero attached hydrogens (tertiary/aromatic N) is 3. The maximum Gasteiger partial charge on any atom is 0.305 e. The smallest absolute Gasteiger partial charge is 0.305 e. The van der Waals surface area contributed by atoms with E-state index < -0.39 is 16.8 Å². The zero-order valence-electron chi connectivity index (χ0n) is 10.1. The largest absolute Gasteiger partial charge is 0.481 e. The first-order valence-corrected chi connectivity index (χ1v) is 5.20. The van der Waals surface area contributed by atoms with Crippen LogP contribution in [-0.2, 0) is 4.79 Å². The fourth-order valence-electron chi connectivity index (χ4n) is 1.40. The molecular formula is C10H12N4O5. The summed E-state index contributed by atoms with van der Waals surface area (Å²) < 4.78 is 0. The summed E-state index contributed by atoms with van der Waals surface area (Å²) in [6.07, 6.45) is 0.826. The molecule has 9 heteroatoms. The van der Waals surface area contributed by atoms with Crippen molar-refractivity contribution in [3.8, 4) is 0 Å². The summed E-state index contributed by atoms with van der Waals surface area (Å²) in [4.78, 5) is 36.8. The number of carboxylic acid groups (broad SMARTS) is 1. The minimum Gasteiger partial charge on any atom is -0.481 e. The van der Waals surface area contributed by atoms with E-state index >= 15 is 0 Å². The molecule has 1 rings (SSSR count). The number of anilines is 1. The van der Waals surface area contributed by atoms with Crippen molar-refractivity contribution in [3.63, 3.8) is 0 Å². The molecule has 0 fully saturated rings. The first-order valence-electron chi connectivity index (χ1n) is 5.20. The lowest BCUT2D eigenvalue weighted by Gasteiger charge is -2.18. The molecule has 19 heavy (non-hydrogen) atoms. The molecule has 1 aromatic heterocycles. The van der Waals surface area contributed by atoms with Crippen LogP contribution in [0.2, 0.25) is 0 Å². The number of aliphatic carboxylic acids is 1. The summed E-state index contributed by atoms with van der Waals surface area (Å²) in [6, 6.07) is 1.02. The highest BCUT2D eigenvalue weighted by atomic mass is 16.6. The van der Waals surface area contributed by atoms with E-state index in [1.54, 1.807) is 0 Å². The number of amides is 1. The predicted octanol–water partition coefficient (Wildman–Crippen LogP) is -0.000400. The van der Waals surface area contributed by atoms with Crippen molar-refractivity contribution in [2.45, 2.75) is 6.42 Å². The zero-order valence-corrected chi connectivity index (χ0v) is 10.1. The number of rotatable bonds is 6. The van der Waals surface area contributed by atoms with Gasteiger partial charge in [0.25, 0.3) is 11.6 Å². The zero-order chi connectivity index (χ0) is 14.6. The van der Waals surface area contributed by atoms with Crippen LogP contribution in [0.3, 0.4) is 0 Å². The summed E-state index contributed by atoms with van der Waals surface area (Å²) in [5, 5.41) is 19.2. The van der Waals surface area contributed by atoms with Crippen LogP contribution in [0.25, 0.3) is 0 Å². The van der Waals surface area contributed by atoms with Crippen molar-refractivity contribution in [1.29, 1.82) is 0 Å². The van der Waals surface area contributed by atoms with Crippen LogP contribution in [0, 0.1) is 10.1 Å². The Labute approximate surface area is 107 Å². The lowest BCUT2D eigenvalue weighted by atomic mass is 10.2. The Balaban J connectivity index is 3.09. The van der Waals surface area contributed by atoms with Crippen LogP contribution < -0.4 is 10.6 Å². The van der Waals surface area contributed by atoms with Gasteiger partial charge in [-0.1, -0.05) is 0 Å². The number of hydrogen-bond donors (Lipinski definition) is 2.